The Kier molecular flexibility index (Phi) is 6.38. The lowest BCUT2D eigenvalue weighted by molar-refractivity contribution is -0.0500. The highest BCUT2D eigenvalue weighted by Crippen LogP contribution is 2.25. The molecule has 5 rings (SSSR count). The van der Waals surface area contributed by atoms with Crippen molar-refractivity contribution >= 4 is 16.9 Å². The number of carbonyl (C=O) groups is 1. The fraction of sp³-hybridized carbons (Fsp3) is 0.292. The average molecular weight is 514 g/mol. The van der Waals surface area contributed by atoms with Crippen molar-refractivity contribution in [1.29, 1.82) is 0 Å². The second kappa shape index (κ2) is 9.65. The van der Waals surface area contributed by atoms with Gasteiger partial charge in [0.05, 0.1) is 30.2 Å². The molecule has 13 heteroatoms. The van der Waals surface area contributed by atoms with Gasteiger partial charge in [-0.15, -0.1) is 0 Å². The normalized spacial score (nSPS) is 15.3. The number of aliphatic hydroxyl groups is 1. The molecule has 0 atom stereocenters. The fourth-order valence-electron chi connectivity index (χ4n) is 4.28. The highest BCUT2D eigenvalue weighted by molar-refractivity contribution is 5.92. The quantitative estimate of drug-likeness (QED) is 0.420. The third-order valence-electron chi connectivity index (χ3n) is 6.25. The molecule has 10 nitrogen and oxygen atoms in total. The SMILES string of the molecule is O=C(c1ccc(OC(F)F)cn1)N1CCC(O)(Cn2cnc3c(cnn3-c3ccc(F)cc3)c2=O)CC1. The monoisotopic (exact) mass is 514 g/mol. The molecule has 1 aliphatic rings. The van der Waals surface area contributed by atoms with Crippen molar-refractivity contribution in [3.8, 4) is 11.4 Å². The summed E-state index contributed by atoms with van der Waals surface area (Å²) in [5.41, 5.74) is -0.734. The Labute approximate surface area is 207 Å². The number of rotatable bonds is 6. The Morgan fingerprint density at radius 1 is 1.08 bits per heavy atom. The maximum absolute atomic E-state index is 13.3. The number of benzene rings is 1. The Morgan fingerprint density at radius 3 is 2.46 bits per heavy atom. The van der Waals surface area contributed by atoms with E-state index in [1.54, 1.807) is 0 Å². The number of ether oxygens (including phenoxy) is 1. The van der Waals surface area contributed by atoms with E-state index in [0.29, 0.717) is 11.3 Å². The lowest BCUT2D eigenvalue weighted by atomic mass is 9.91. The summed E-state index contributed by atoms with van der Waals surface area (Å²) in [5.74, 6) is -0.956. The summed E-state index contributed by atoms with van der Waals surface area (Å²) in [6.07, 6.45) is 4.15. The van der Waals surface area contributed by atoms with E-state index in [1.807, 2.05) is 0 Å². The second-order valence-electron chi connectivity index (χ2n) is 8.72. The molecule has 0 aliphatic carbocycles. The summed E-state index contributed by atoms with van der Waals surface area (Å²) in [6.45, 7) is -2.60. The van der Waals surface area contributed by atoms with Crippen LogP contribution in [0.1, 0.15) is 23.3 Å². The van der Waals surface area contributed by atoms with Crippen molar-refractivity contribution < 1.29 is 27.8 Å². The minimum absolute atomic E-state index is 0.0313. The van der Waals surface area contributed by atoms with Crippen molar-refractivity contribution in [2.24, 2.45) is 0 Å². The van der Waals surface area contributed by atoms with Crippen LogP contribution in [-0.2, 0) is 6.54 Å². The highest BCUT2D eigenvalue weighted by Gasteiger charge is 2.35. The van der Waals surface area contributed by atoms with Gasteiger partial charge in [-0.05, 0) is 49.2 Å². The van der Waals surface area contributed by atoms with Gasteiger partial charge in [0, 0.05) is 13.1 Å². The van der Waals surface area contributed by atoms with Crippen LogP contribution in [0.15, 0.2) is 59.9 Å². The standard InChI is InChI=1S/C24H21F3N6O4/c25-15-1-3-16(4-2-15)33-20-18(12-30-33)21(34)32(14-29-20)13-24(36)7-9-31(10-8-24)22(35)19-6-5-17(11-28-19)37-23(26)27/h1-6,11-12,14,23,36H,7-10,13H2. The summed E-state index contributed by atoms with van der Waals surface area (Å²) < 4.78 is 44.8. The van der Waals surface area contributed by atoms with Gasteiger partial charge in [-0.3, -0.25) is 14.2 Å². The molecule has 1 amide bonds. The van der Waals surface area contributed by atoms with Crippen LogP contribution in [0.3, 0.4) is 0 Å². The smallest absolute Gasteiger partial charge is 0.387 e. The molecule has 0 saturated carbocycles. The van der Waals surface area contributed by atoms with E-state index in [0.717, 1.165) is 6.20 Å². The topological polar surface area (TPSA) is 115 Å². The molecular weight excluding hydrogens is 493 g/mol. The lowest BCUT2D eigenvalue weighted by Crippen LogP contribution is -2.49. The van der Waals surface area contributed by atoms with Crippen LogP contribution in [-0.4, -0.2) is 65.5 Å². The van der Waals surface area contributed by atoms with E-state index in [4.69, 9.17) is 0 Å². The van der Waals surface area contributed by atoms with Gasteiger partial charge in [-0.1, -0.05) is 0 Å². The Balaban J connectivity index is 1.27. The lowest BCUT2D eigenvalue weighted by Gasteiger charge is -2.38. The van der Waals surface area contributed by atoms with Crippen molar-refractivity contribution in [2.45, 2.75) is 31.6 Å². The van der Waals surface area contributed by atoms with Gasteiger partial charge in [0.25, 0.3) is 11.5 Å². The van der Waals surface area contributed by atoms with Crippen LogP contribution in [0.5, 0.6) is 5.75 Å². The molecule has 0 bridgehead atoms. The summed E-state index contributed by atoms with van der Waals surface area (Å²) in [7, 11) is 0. The molecule has 0 radical (unpaired) electrons. The molecule has 37 heavy (non-hydrogen) atoms. The largest absolute Gasteiger partial charge is 0.433 e. The van der Waals surface area contributed by atoms with E-state index in [2.05, 4.69) is 19.8 Å². The molecule has 1 saturated heterocycles. The number of hydrogen-bond donors (Lipinski definition) is 1. The van der Waals surface area contributed by atoms with Crippen LogP contribution < -0.4 is 10.3 Å². The molecule has 1 N–H and O–H groups in total. The number of fused-ring (bicyclic) bond motifs is 1. The van der Waals surface area contributed by atoms with Crippen LogP contribution in [0.25, 0.3) is 16.7 Å². The molecule has 192 valence electrons. The first-order valence-corrected chi connectivity index (χ1v) is 11.3. The Bertz CT molecular complexity index is 1480. The number of pyridine rings is 1. The molecule has 3 aromatic heterocycles. The van der Waals surface area contributed by atoms with E-state index in [1.165, 1.54) is 63.1 Å². The molecule has 0 spiro atoms. The van der Waals surface area contributed by atoms with Gasteiger partial charge >= 0.3 is 6.61 Å². The Hall–Kier alpha value is -4.26. The van der Waals surface area contributed by atoms with Gasteiger partial charge in [0.1, 0.15) is 29.0 Å². The Morgan fingerprint density at radius 2 is 1.81 bits per heavy atom. The zero-order valence-corrected chi connectivity index (χ0v) is 19.3. The maximum Gasteiger partial charge on any atom is 0.387 e. The first-order valence-electron chi connectivity index (χ1n) is 11.3. The maximum atomic E-state index is 13.3. The minimum atomic E-state index is -2.99. The number of likely N-dealkylation sites (tertiary alicyclic amines) is 1. The average Bonchev–Trinajstić information content (AvgIpc) is 3.31. The number of halogens is 3. The zero-order valence-electron chi connectivity index (χ0n) is 19.3. The van der Waals surface area contributed by atoms with Crippen LogP contribution >= 0.6 is 0 Å². The predicted molar refractivity (Wildman–Crippen MR) is 124 cm³/mol. The number of piperidine rings is 1. The van der Waals surface area contributed by atoms with Crippen molar-refractivity contribution in [3.63, 3.8) is 0 Å². The molecule has 4 aromatic rings. The minimum Gasteiger partial charge on any atom is -0.433 e. The van der Waals surface area contributed by atoms with Crippen LogP contribution in [0.4, 0.5) is 13.2 Å². The number of alkyl halides is 2. The number of aromatic nitrogens is 5. The van der Waals surface area contributed by atoms with Gasteiger partial charge in [-0.25, -0.2) is 19.0 Å². The van der Waals surface area contributed by atoms with Gasteiger partial charge in [-0.2, -0.15) is 13.9 Å². The second-order valence-corrected chi connectivity index (χ2v) is 8.72. The van der Waals surface area contributed by atoms with E-state index in [9.17, 15) is 27.9 Å². The van der Waals surface area contributed by atoms with E-state index in [-0.39, 0.29) is 54.9 Å². The number of hydrogen-bond acceptors (Lipinski definition) is 7. The molecule has 4 heterocycles. The number of carbonyl (C=O) groups excluding carboxylic acids is 1. The summed E-state index contributed by atoms with van der Waals surface area (Å²) in [6, 6.07) is 8.14. The zero-order chi connectivity index (χ0) is 26.2. The van der Waals surface area contributed by atoms with Crippen LogP contribution in [0, 0.1) is 5.82 Å². The van der Waals surface area contributed by atoms with E-state index < -0.39 is 23.9 Å². The fourth-order valence-corrected chi connectivity index (χ4v) is 4.28. The first kappa shape index (κ1) is 24.4. The number of nitrogens with zero attached hydrogens (tertiary/aromatic N) is 6. The highest BCUT2D eigenvalue weighted by atomic mass is 19.3. The van der Waals surface area contributed by atoms with Crippen LogP contribution in [0.2, 0.25) is 0 Å². The molecule has 1 fully saturated rings. The van der Waals surface area contributed by atoms with Gasteiger partial charge < -0.3 is 14.7 Å². The molecule has 0 unspecified atom stereocenters. The van der Waals surface area contributed by atoms with Gasteiger partial charge in [0.2, 0.25) is 0 Å². The van der Waals surface area contributed by atoms with Gasteiger partial charge in [0.15, 0.2) is 5.65 Å². The molecular formula is C24H21F3N6O4. The van der Waals surface area contributed by atoms with Crippen molar-refractivity contribution in [2.75, 3.05) is 13.1 Å². The van der Waals surface area contributed by atoms with Crippen molar-refractivity contribution in [1.82, 2.24) is 29.2 Å². The summed E-state index contributed by atoms with van der Waals surface area (Å²) >= 11 is 0. The predicted octanol–water partition coefficient (Wildman–Crippen LogP) is 2.38. The first-order chi connectivity index (χ1) is 17.7. The molecule has 1 aromatic carbocycles. The summed E-state index contributed by atoms with van der Waals surface area (Å²) in [4.78, 5) is 35.5. The van der Waals surface area contributed by atoms with Crippen molar-refractivity contribution in [3.05, 3.63) is 77.0 Å². The summed E-state index contributed by atoms with van der Waals surface area (Å²) in [5, 5.41) is 15.6. The third-order valence-corrected chi connectivity index (χ3v) is 6.25. The number of amides is 1. The van der Waals surface area contributed by atoms with E-state index >= 15 is 0 Å². The third kappa shape index (κ3) is 5.03. The molecule has 1 aliphatic heterocycles.